The van der Waals surface area contributed by atoms with Gasteiger partial charge in [-0.15, -0.1) is 0 Å². The quantitative estimate of drug-likeness (QED) is 0.688. The van der Waals surface area contributed by atoms with Crippen molar-refractivity contribution in [1.29, 1.82) is 5.41 Å². The van der Waals surface area contributed by atoms with Crippen molar-refractivity contribution in [2.75, 3.05) is 26.7 Å². The number of likely N-dealkylation sites (tertiary alicyclic amines) is 1. The van der Waals surface area contributed by atoms with Crippen LogP contribution in [0, 0.1) is 5.41 Å². The zero-order valence-corrected chi connectivity index (χ0v) is 17.8. The van der Waals surface area contributed by atoms with Gasteiger partial charge in [-0.05, 0) is 67.9 Å². The fraction of sp³-hybridized carbons (Fsp3) is 0.360. The van der Waals surface area contributed by atoms with Gasteiger partial charge in [0.05, 0.1) is 5.52 Å². The Hall–Kier alpha value is -2.96. The molecule has 1 saturated heterocycles. The van der Waals surface area contributed by atoms with Crippen LogP contribution in [-0.2, 0) is 18.5 Å². The maximum Gasteiger partial charge on any atom is 0.339 e. The summed E-state index contributed by atoms with van der Waals surface area (Å²) in [5, 5.41) is 17.9. The molecule has 0 aliphatic carbocycles. The molecule has 5 rings (SSSR count). The van der Waals surface area contributed by atoms with Crippen LogP contribution in [0.3, 0.4) is 0 Å². The number of pyridine rings is 2. The number of likely N-dealkylation sites (N-methyl/N-ethyl adjacent to an activating group) is 1. The molecule has 3 aromatic rings. The lowest BCUT2D eigenvalue weighted by Gasteiger charge is -2.48. The molecule has 2 aliphatic heterocycles. The lowest BCUT2D eigenvalue weighted by molar-refractivity contribution is 0.0693. The molecule has 2 aromatic heterocycles. The van der Waals surface area contributed by atoms with Gasteiger partial charge in [-0.25, -0.2) is 4.79 Å². The SMILES string of the molecule is CN1Cc2ccccc2C2(CCN(Cc3cc(C(=O)O)c(=N)n4ccccc34)CC2)C1. The van der Waals surface area contributed by atoms with E-state index in [0.29, 0.717) is 6.54 Å². The maximum atomic E-state index is 11.7. The van der Waals surface area contributed by atoms with Crippen LogP contribution in [0.4, 0.5) is 0 Å². The average Bonchev–Trinajstić information content (AvgIpc) is 2.77. The van der Waals surface area contributed by atoms with E-state index in [4.69, 9.17) is 5.41 Å². The second-order valence-corrected chi connectivity index (χ2v) is 9.08. The van der Waals surface area contributed by atoms with E-state index < -0.39 is 5.97 Å². The van der Waals surface area contributed by atoms with Gasteiger partial charge >= 0.3 is 5.97 Å². The molecular weight excluding hydrogens is 388 g/mol. The van der Waals surface area contributed by atoms with Crippen molar-refractivity contribution in [2.24, 2.45) is 0 Å². The Morgan fingerprint density at radius 1 is 1.13 bits per heavy atom. The van der Waals surface area contributed by atoms with Crippen LogP contribution in [0.2, 0.25) is 0 Å². The molecule has 0 bridgehead atoms. The number of carboxylic acid groups (broad SMARTS) is 1. The number of aromatic carboxylic acids is 1. The first-order valence-electron chi connectivity index (χ1n) is 10.9. The number of carboxylic acids is 1. The molecule has 2 aliphatic rings. The summed E-state index contributed by atoms with van der Waals surface area (Å²) in [5.74, 6) is -1.05. The van der Waals surface area contributed by atoms with E-state index in [2.05, 4.69) is 41.1 Å². The van der Waals surface area contributed by atoms with Gasteiger partial charge in [0.2, 0.25) is 0 Å². The summed E-state index contributed by atoms with van der Waals surface area (Å²) in [5.41, 5.74) is 5.10. The Morgan fingerprint density at radius 3 is 2.65 bits per heavy atom. The first kappa shape index (κ1) is 20.0. The summed E-state index contributed by atoms with van der Waals surface area (Å²) in [4.78, 5) is 16.6. The lowest BCUT2D eigenvalue weighted by atomic mass is 9.69. The van der Waals surface area contributed by atoms with Gasteiger partial charge in [0.15, 0.2) is 0 Å². The van der Waals surface area contributed by atoms with Crippen molar-refractivity contribution < 1.29 is 9.90 Å². The zero-order valence-electron chi connectivity index (χ0n) is 17.8. The predicted molar refractivity (Wildman–Crippen MR) is 119 cm³/mol. The Bertz CT molecular complexity index is 1210. The molecule has 1 fully saturated rings. The Balaban J connectivity index is 1.42. The van der Waals surface area contributed by atoms with Gasteiger partial charge in [-0.3, -0.25) is 10.3 Å². The van der Waals surface area contributed by atoms with Gasteiger partial charge in [0.1, 0.15) is 11.1 Å². The molecule has 4 heterocycles. The van der Waals surface area contributed by atoms with Crippen LogP contribution in [0.15, 0.2) is 54.7 Å². The Kier molecular flexibility index (Phi) is 4.91. The first-order valence-corrected chi connectivity index (χ1v) is 10.9. The van der Waals surface area contributed by atoms with Crippen molar-refractivity contribution in [1.82, 2.24) is 14.2 Å². The fourth-order valence-corrected chi connectivity index (χ4v) is 5.57. The molecule has 160 valence electrons. The fourth-order valence-electron chi connectivity index (χ4n) is 5.57. The predicted octanol–water partition coefficient (Wildman–Crippen LogP) is 3.10. The third-order valence-electron chi connectivity index (χ3n) is 7.04. The number of carbonyl (C=O) groups is 1. The van der Waals surface area contributed by atoms with Crippen LogP contribution in [0.25, 0.3) is 5.52 Å². The van der Waals surface area contributed by atoms with E-state index in [0.717, 1.165) is 50.1 Å². The molecule has 6 heteroatoms. The number of benzene rings is 1. The van der Waals surface area contributed by atoms with Crippen molar-refractivity contribution in [3.05, 3.63) is 82.5 Å². The zero-order chi connectivity index (χ0) is 21.6. The third-order valence-corrected chi connectivity index (χ3v) is 7.04. The molecule has 0 radical (unpaired) electrons. The van der Waals surface area contributed by atoms with Crippen molar-refractivity contribution in [2.45, 2.75) is 31.3 Å². The monoisotopic (exact) mass is 416 g/mol. The average molecular weight is 417 g/mol. The van der Waals surface area contributed by atoms with Gasteiger partial charge in [-0.1, -0.05) is 30.3 Å². The Morgan fingerprint density at radius 2 is 1.87 bits per heavy atom. The molecule has 31 heavy (non-hydrogen) atoms. The molecule has 0 atom stereocenters. The van der Waals surface area contributed by atoms with Gasteiger partial charge in [0.25, 0.3) is 0 Å². The number of fused-ring (bicyclic) bond motifs is 3. The summed E-state index contributed by atoms with van der Waals surface area (Å²) in [6.45, 7) is 4.76. The second kappa shape index (κ2) is 7.62. The number of hydrogen-bond acceptors (Lipinski definition) is 4. The summed E-state index contributed by atoms with van der Waals surface area (Å²) in [6, 6.07) is 16.3. The molecule has 1 spiro atoms. The summed E-state index contributed by atoms with van der Waals surface area (Å²) in [7, 11) is 2.21. The van der Waals surface area contributed by atoms with Gasteiger partial charge in [0, 0.05) is 31.2 Å². The summed E-state index contributed by atoms with van der Waals surface area (Å²) >= 11 is 0. The molecule has 0 unspecified atom stereocenters. The molecule has 0 saturated carbocycles. The van der Waals surface area contributed by atoms with Crippen LogP contribution < -0.4 is 5.49 Å². The number of nitrogens with one attached hydrogen (secondary N) is 1. The highest BCUT2D eigenvalue weighted by Gasteiger charge is 2.40. The van der Waals surface area contributed by atoms with E-state index >= 15 is 0 Å². The van der Waals surface area contributed by atoms with Crippen LogP contribution in [0.5, 0.6) is 0 Å². The van der Waals surface area contributed by atoms with E-state index in [1.54, 1.807) is 16.7 Å². The first-order chi connectivity index (χ1) is 15.0. The van der Waals surface area contributed by atoms with Crippen molar-refractivity contribution >= 4 is 11.5 Å². The minimum Gasteiger partial charge on any atom is -0.478 e. The lowest BCUT2D eigenvalue weighted by Crippen LogP contribution is -2.50. The smallest absolute Gasteiger partial charge is 0.339 e. The molecule has 1 aromatic carbocycles. The van der Waals surface area contributed by atoms with E-state index in [1.807, 2.05) is 18.2 Å². The van der Waals surface area contributed by atoms with Crippen LogP contribution in [0.1, 0.15) is 39.9 Å². The molecule has 2 N–H and O–H groups in total. The molecule has 6 nitrogen and oxygen atoms in total. The second-order valence-electron chi connectivity index (χ2n) is 9.08. The third kappa shape index (κ3) is 3.46. The molecular formula is C25H28N4O2. The highest BCUT2D eigenvalue weighted by atomic mass is 16.4. The maximum absolute atomic E-state index is 11.7. The number of piperidine rings is 1. The van der Waals surface area contributed by atoms with E-state index in [-0.39, 0.29) is 16.5 Å². The standard InChI is InChI=1S/C25H28N4O2/c1-27-15-18-6-2-3-7-21(18)25(17-27)9-12-28(13-10-25)16-19-14-20(24(30)31)23(26)29-11-5-4-8-22(19)29/h2-8,11,14,26H,9-10,12-13,15-17H2,1H3,(H,30,31). The Labute approximate surface area is 181 Å². The van der Waals surface area contributed by atoms with E-state index in [1.165, 1.54) is 11.1 Å². The van der Waals surface area contributed by atoms with Crippen molar-refractivity contribution in [3.63, 3.8) is 0 Å². The summed E-state index contributed by atoms with van der Waals surface area (Å²) < 4.78 is 1.68. The topological polar surface area (TPSA) is 72.0 Å². The highest BCUT2D eigenvalue weighted by molar-refractivity contribution is 5.88. The molecule has 0 amide bonds. The van der Waals surface area contributed by atoms with Crippen LogP contribution in [-0.4, -0.2) is 52.0 Å². The minimum absolute atomic E-state index is 0.0197. The highest BCUT2D eigenvalue weighted by Crippen LogP contribution is 2.41. The number of aromatic nitrogens is 1. The van der Waals surface area contributed by atoms with Crippen molar-refractivity contribution in [3.8, 4) is 0 Å². The normalized spacial score (nSPS) is 18.9. The van der Waals surface area contributed by atoms with Crippen LogP contribution >= 0.6 is 0 Å². The van der Waals surface area contributed by atoms with Gasteiger partial charge < -0.3 is 14.4 Å². The number of nitrogens with zero attached hydrogens (tertiary/aromatic N) is 3. The number of rotatable bonds is 3. The summed E-state index contributed by atoms with van der Waals surface area (Å²) in [6.07, 6.45) is 3.97. The minimum atomic E-state index is -1.05. The van der Waals surface area contributed by atoms with E-state index in [9.17, 15) is 9.90 Å². The largest absolute Gasteiger partial charge is 0.478 e. The number of hydrogen-bond donors (Lipinski definition) is 2. The van der Waals surface area contributed by atoms with Gasteiger partial charge in [-0.2, -0.15) is 0 Å².